The number of benzene rings is 2. The zero-order valence-electron chi connectivity index (χ0n) is 18.1. The van der Waals surface area contributed by atoms with Gasteiger partial charge in [0.15, 0.2) is 0 Å². The van der Waals surface area contributed by atoms with Gasteiger partial charge in [0.2, 0.25) is 0 Å². The van der Waals surface area contributed by atoms with E-state index in [1.165, 1.54) is 0 Å². The van der Waals surface area contributed by atoms with Crippen LogP contribution >= 0.6 is 0 Å². The van der Waals surface area contributed by atoms with Crippen molar-refractivity contribution in [1.29, 1.82) is 5.26 Å². The van der Waals surface area contributed by atoms with E-state index >= 15 is 0 Å². The number of ether oxygens (including phenoxy) is 2. The third-order valence-corrected chi connectivity index (χ3v) is 6.54. The van der Waals surface area contributed by atoms with Gasteiger partial charge in [-0.1, -0.05) is 18.2 Å². The Morgan fingerprint density at radius 2 is 1.94 bits per heavy atom. The van der Waals surface area contributed by atoms with Crippen molar-refractivity contribution >= 4 is 33.0 Å². The Morgan fingerprint density at radius 1 is 1.19 bits per heavy atom. The molecule has 0 aromatic heterocycles. The third-order valence-electron chi connectivity index (χ3n) is 5.30. The number of allylic oxidation sites excluding steroid dienone is 2. The highest BCUT2D eigenvalue weighted by atomic mass is 32.2. The van der Waals surface area contributed by atoms with Gasteiger partial charge in [-0.2, -0.15) is 5.26 Å². The molecule has 1 saturated heterocycles. The van der Waals surface area contributed by atoms with Gasteiger partial charge in [-0.15, -0.1) is 0 Å². The number of morpholine rings is 1. The van der Waals surface area contributed by atoms with Crippen molar-refractivity contribution < 1.29 is 13.7 Å². The zero-order chi connectivity index (χ0) is 22.1. The molecule has 2 N–H and O–H groups in total. The van der Waals surface area contributed by atoms with E-state index in [4.69, 9.17) is 9.47 Å². The van der Waals surface area contributed by atoms with Gasteiger partial charge in [-0.3, -0.25) is 4.90 Å². The molecule has 31 heavy (non-hydrogen) atoms. The van der Waals surface area contributed by atoms with E-state index in [-0.39, 0.29) is 4.91 Å². The second-order valence-corrected chi connectivity index (χ2v) is 8.61. The highest BCUT2D eigenvalue weighted by molar-refractivity contribution is 7.87. The molecule has 7 nitrogen and oxygen atoms in total. The topological polar surface area (TPSA) is 86.6 Å². The number of hydrogen-bond acceptors (Lipinski definition) is 6. The Morgan fingerprint density at radius 3 is 2.68 bits per heavy atom. The molecular weight excluding hydrogens is 412 g/mol. The first-order valence-corrected chi connectivity index (χ1v) is 11.6. The molecule has 1 aliphatic rings. The van der Waals surface area contributed by atoms with E-state index in [9.17, 15) is 9.47 Å². The molecule has 8 heteroatoms. The zero-order valence-corrected chi connectivity index (χ0v) is 19.0. The molecule has 166 valence electrons. The number of fused-ring (bicyclic) bond motifs is 1. The number of anilines is 1. The number of nitriles is 1. The molecule has 0 amide bonds. The van der Waals surface area contributed by atoms with Crippen molar-refractivity contribution in [2.75, 3.05) is 65.0 Å². The van der Waals surface area contributed by atoms with E-state index in [2.05, 4.69) is 39.2 Å². The second-order valence-electron chi connectivity index (χ2n) is 7.38. The summed E-state index contributed by atoms with van der Waals surface area (Å²) in [6.45, 7) is 8.18. The smallest absolute Gasteiger partial charge is 0.136 e. The molecule has 0 radical (unpaired) electrons. The first-order chi connectivity index (χ1) is 15.1. The van der Waals surface area contributed by atoms with Crippen molar-refractivity contribution in [3.05, 3.63) is 46.9 Å². The summed E-state index contributed by atoms with van der Waals surface area (Å²) in [7, 11) is 0.0136. The minimum absolute atomic E-state index is 0.233. The molecule has 1 aliphatic heterocycles. The van der Waals surface area contributed by atoms with Crippen molar-refractivity contribution in [1.82, 2.24) is 9.62 Å². The SMILES string of the molecule is COCCNS(=O)/C(C#N)=C(\C)c1ccc2cc(NCCN3CCOCC3)ccc2c1. The monoisotopic (exact) mass is 442 g/mol. The van der Waals surface area contributed by atoms with Crippen LogP contribution in [0.4, 0.5) is 5.69 Å². The molecule has 1 fully saturated rings. The van der Waals surface area contributed by atoms with Crippen LogP contribution < -0.4 is 10.0 Å². The number of nitrogens with zero attached hydrogens (tertiary/aromatic N) is 2. The lowest BCUT2D eigenvalue weighted by molar-refractivity contribution is 0.0398. The summed E-state index contributed by atoms with van der Waals surface area (Å²) in [5.41, 5.74) is 2.68. The minimum Gasteiger partial charge on any atom is -0.384 e. The van der Waals surface area contributed by atoms with Gasteiger partial charge in [0.05, 0.1) is 19.8 Å². The Kier molecular flexibility index (Phi) is 9.00. The summed E-state index contributed by atoms with van der Waals surface area (Å²) >= 11 is 0. The molecule has 3 rings (SSSR count). The fourth-order valence-corrected chi connectivity index (χ4v) is 4.37. The Hall–Kier alpha value is -2.28. The first kappa shape index (κ1) is 23.4. The quantitative estimate of drug-likeness (QED) is 0.435. The Bertz CT molecular complexity index is 980. The highest BCUT2D eigenvalue weighted by Gasteiger charge is 2.13. The normalized spacial score (nSPS) is 16.5. The van der Waals surface area contributed by atoms with Gasteiger partial charge < -0.3 is 14.8 Å². The Balaban J connectivity index is 1.68. The lowest BCUT2D eigenvalue weighted by Crippen LogP contribution is -2.38. The van der Waals surface area contributed by atoms with E-state index in [0.717, 1.165) is 61.4 Å². The van der Waals surface area contributed by atoms with E-state index < -0.39 is 11.0 Å². The Labute approximate surface area is 186 Å². The third kappa shape index (κ3) is 6.60. The van der Waals surface area contributed by atoms with E-state index in [1.54, 1.807) is 7.11 Å². The first-order valence-electron chi connectivity index (χ1n) is 10.5. The van der Waals surface area contributed by atoms with Crippen LogP contribution in [0.2, 0.25) is 0 Å². The molecule has 2 aromatic rings. The van der Waals surface area contributed by atoms with Crippen LogP contribution in [0.1, 0.15) is 12.5 Å². The summed E-state index contributed by atoms with van der Waals surface area (Å²) in [6.07, 6.45) is 0. The molecule has 0 saturated carbocycles. The number of methoxy groups -OCH3 is 1. The minimum atomic E-state index is -1.57. The lowest BCUT2D eigenvalue weighted by atomic mass is 10.0. The van der Waals surface area contributed by atoms with Crippen LogP contribution in [0, 0.1) is 11.3 Å². The fourth-order valence-electron chi connectivity index (χ4n) is 3.48. The van der Waals surface area contributed by atoms with E-state index in [0.29, 0.717) is 18.7 Å². The summed E-state index contributed by atoms with van der Waals surface area (Å²) in [6, 6.07) is 14.4. The molecule has 0 spiro atoms. The van der Waals surface area contributed by atoms with Crippen LogP contribution in [-0.4, -0.2) is 68.8 Å². The molecule has 0 bridgehead atoms. The summed E-state index contributed by atoms with van der Waals surface area (Å²) in [5.74, 6) is 0. The summed E-state index contributed by atoms with van der Waals surface area (Å²) in [4.78, 5) is 2.64. The fraction of sp³-hybridized carbons (Fsp3) is 0.435. The van der Waals surface area contributed by atoms with Gasteiger partial charge in [-0.05, 0) is 47.0 Å². The molecular formula is C23H30N4O3S. The van der Waals surface area contributed by atoms with Gasteiger partial charge in [0.1, 0.15) is 22.0 Å². The van der Waals surface area contributed by atoms with Crippen LogP contribution in [-0.2, 0) is 20.5 Å². The molecule has 1 heterocycles. The van der Waals surface area contributed by atoms with Crippen LogP contribution in [0.15, 0.2) is 41.3 Å². The maximum Gasteiger partial charge on any atom is 0.136 e. The molecule has 2 aromatic carbocycles. The van der Waals surface area contributed by atoms with E-state index in [1.807, 2.05) is 25.1 Å². The van der Waals surface area contributed by atoms with Crippen molar-refractivity contribution in [2.45, 2.75) is 6.92 Å². The predicted octanol–water partition coefficient (Wildman–Crippen LogP) is 2.74. The van der Waals surface area contributed by atoms with Gasteiger partial charge >= 0.3 is 0 Å². The van der Waals surface area contributed by atoms with Crippen LogP contribution in [0.25, 0.3) is 16.3 Å². The number of hydrogen-bond donors (Lipinski definition) is 2. The number of nitrogens with one attached hydrogen (secondary N) is 2. The van der Waals surface area contributed by atoms with Crippen molar-refractivity contribution in [2.24, 2.45) is 0 Å². The highest BCUT2D eigenvalue weighted by Crippen LogP contribution is 2.26. The summed E-state index contributed by atoms with van der Waals surface area (Å²) in [5, 5.41) is 15.2. The van der Waals surface area contributed by atoms with Crippen molar-refractivity contribution in [3.8, 4) is 6.07 Å². The molecule has 1 atom stereocenters. The van der Waals surface area contributed by atoms with Gasteiger partial charge in [0, 0.05) is 45.5 Å². The predicted molar refractivity (Wildman–Crippen MR) is 126 cm³/mol. The maximum atomic E-state index is 12.4. The van der Waals surface area contributed by atoms with Crippen molar-refractivity contribution in [3.63, 3.8) is 0 Å². The van der Waals surface area contributed by atoms with Gasteiger partial charge in [0.25, 0.3) is 0 Å². The lowest BCUT2D eigenvalue weighted by Gasteiger charge is -2.26. The molecule has 1 unspecified atom stereocenters. The summed E-state index contributed by atoms with van der Waals surface area (Å²) < 4.78 is 25.6. The standard InChI is InChI=1S/C23H30N4O3S/c1-18(23(17-24)31(28)26-8-12-29-2)19-3-4-21-16-22(6-5-20(21)15-19)25-7-9-27-10-13-30-14-11-27/h3-6,15-16,25-26H,7-14H2,1-2H3/b23-18+. The van der Waals surface area contributed by atoms with Gasteiger partial charge in [-0.25, -0.2) is 8.93 Å². The van der Waals surface area contributed by atoms with Crippen LogP contribution in [0.3, 0.4) is 0 Å². The average molecular weight is 443 g/mol. The maximum absolute atomic E-state index is 12.4. The largest absolute Gasteiger partial charge is 0.384 e. The second kappa shape index (κ2) is 11.9. The average Bonchev–Trinajstić information content (AvgIpc) is 2.80. The molecule has 0 aliphatic carbocycles. The van der Waals surface area contributed by atoms with Crippen LogP contribution in [0.5, 0.6) is 0 Å². The number of rotatable bonds is 10.